The van der Waals surface area contributed by atoms with E-state index in [0.717, 1.165) is 0 Å². The minimum absolute atomic E-state index is 0.283. The number of nitrogens with two attached hydrogens (primary N) is 1. The van der Waals surface area contributed by atoms with Gasteiger partial charge in [0.25, 0.3) is 0 Å². The first-order valence-corrected chi connectivity index (χ1v) is 3.11. The van der Waals surface area contributed by atoms with Gasteiger partial charge >= 0.3 is 5.97 Å². The molecule has 0 aliphatic carbocycles. The van der Waals surface area contributed by atoms with Crippen molar-refractivity contribution < 1.29 is 14.6 Å². The zero-order valence-electron chi connectivity index (χ0n) is 6.26. The Hall–Kier alpha value is -0.610. The lowest BCUT2D eigenvalue weighted by Gasteiger charge is -2.18. The van der Waals surface area contributed by atoms with E-state index < -0.39 is 18.1 Å². The Kier molecular flexibility index (Phi) is 3.32. The molecule has 1 atom stereocenters. The molecular formula is C6H13NO3. The van der Waals surface area contributed by atoms with Crippen LogP contribution in [0.2, 0.25) is 0 Å². The van der Waals surface area contributed by atoms with E-state index in [-0.39, 0.29) is 6.61 Å². The van der Waals surface area contributed by atoms with E-state index in [1.807, 2.05) is 0 Å². The lowest BCUT2D eigenvalue weighted by molar-refractivity contribution is -0.150. The maximum absolute atomic E-state index is 10.8. The van der Waals surface area contributed by atoms with Crippen LogP contribution >= 0.6 is 0 Å². The number of carbonyl (C=O) groups excluding carboxylic acids is 1. The number of hydrogen-bond donors (Lipinski definition) is 2. The summed E-state index contributed by atoms with van der Waals surface area (Å²) in [5, 5.41) is 8.57. The van der Waals surface area contributed by atoms with Crippen molar-refractivity contribution in [3.8, 4) is 0 Å². The minimum Gasteiger partial charge on any atom is -0.465 e. The molecule has 1 unspecified atom stereocenters. The smallest absolute Gasteiger partial charge is 0.328 e. The first kappa shape index (κ1) is 9.39. The summed E-state index contributed by atoms with van der Waals surface area (Å²) in [4.78, 5) is 10.8. The van der Waals surface area contributed by atoms with E-state index in [1.165, 1.54) is 6.92 Å². The highest BCUT2D eigenvalue weighted by atomic mass is 16.5. The molecule has 4 heteroatoms. The van der Waals surface area contributed by atoms with Gasteiger partial charge in [0.05, 0.1) is 13.2 Å². The summed E-state index contributed by atoms with van der Waals surface area (Å²) in [5.74, 6) is -0.572. The van der Waals surface area contributed by atoms with Gasteiger partial charge in [-0.05, 0) is 13.8 Å². The number of hydrogen-bond acceptors (Lipinski definition) is 4. The van der Waals surface area contributed by atoms with Gasteiger partial charge in [-0.1, -0.05) is 0 Å². The van der Waals surface area contributed by atoms with Crippen molar-refractivity contribution in [2.24, 2.45) is 5.73 Å². The summed E-state index contributed by atoms with van der Waals surface area (Å²) in [7, 11) is 0. The third-order valence-corrected chi connectivity index (χ3v) is 1.07. The molecule has 10 heavy (non-hydrogen) atoms. The maximum Gasteiger partial charge on any atom is 0.328 e. The highest BCUT2D eigenvalue weighted by Gasteiger charge is 2.28. The van der Waals surface area contributed by atoms with Crippen LogP contribution in [0.5, 0.6) is 0 Å². The molecule has 0 rings (SSSR count). The summed E-state index contributed by atoms with van der Waals surface area (Å²) >= 11 is 0. The lowest BCUT2D eigenvalue weighted by Crippen LogP contribution is -2.49. The number of aliphatic hydroxyl groups excluding tert-OH is 1. The molecular weight excluding hydrogens is 134 g/mol. The Morgan fingerprint density at radius 3 is 2.60 bits per heavy atom. The van der Waals surface area contributed by atoms with Crippen LogP contribution in [0.1, 0.15) is 13.8 Å². The van der Waals surface area contributed by atoms with Crippen molar-refractivity contribution in [3.05, 3.63) is 0 Å². The van der Waals surface area contributed by atoms with Crippen LogP contribution in [0.25, 0.3) is 0 Å². The third kappa shape index (κ3) is 2.33. The molecule has 0 fully saturated rings. The Morgan fingerprint density at radius 1 is 1.80 bits per heavy atom. The van der Waals surface area contributed by atoms with Gasteiger partial charge in [-0.2, -0.15) is 0 Å². The molecule has 0 heterocycles. The van der Waals surface area contributed by atoms with Gasteiger partial charge in [0.1, 0.15) is 5.54 Å². The SMILES string of the molecule is CCOC(=O)C(C)(N)CO. The normalized spacial score (nSPS) is 16.0. The van der Waals surface area contributed by atoms with Crippen molar-refractivity contribution >= 4 is 5.97 Å². The molecule has 60 valence electrons. The van der Waals surface area contributed by atoms with Crippen LogP contribution in [0.4, 0.5) is 0 Å². The van der Waals surface area contributed by atoms with Gasteiger partial charge in [-0.25, -0.2) is 4.79 Å². The predicted octanol–water partition coefficient (Wildman–Crippen LogP) is -0.741. The second kappa shape index (κ2) is 3.53. The van der Waals surface area contributed by atoms with Crippen molar-refractivity contribution in [3.63, 3.8) is 0 Å². The molecule has 0 aromatic heterocycles. The Labute approximate surface area is 60.0 Å². The van der Waals surface area contributed by atoms with Gasteiger partial charge in [0.2, 0.25) is 0 Å². The van der Waals surface area contributed by atoms with Crippen molar-refractivity contribution in [1.29, 1.82) is 0 Å². The van der Waals surface area contributed by atoms with Crippen molar-refractivity contribution in [2.45, 2.75) is 19.4 Å². The fourth-order valence-corrected chi connectivity index (χ4v) is 0.361. The van der Waals surface area contributed by atoms with Crippen LogP contribution < -0.4 is 5.73 Å². The van der Waals surface area contributed by atoms with Crippen LogP contribution in [-0.4, -0.2) is 29.8 Å². The number of carbonyl (C=O) groups is 1. The number of rotatable bonds is 3. The Balaban J connectivity index is 3.91. The molecule has 0 aromatic carbocycles. The molecule has 0 bridgehead atoms. The highest BCUT2D eigenvalue weighted by Crippen LogP contribution is 1.99. The van der Waals surface area contributed by atoms with Crippen LogP contribution in [-0.2, 0) is 9.53 Å². The Morgan fingerprint density at radius 2 is 2.30 bits per heavy atom. The lowest BCUT2D eigenvalue weighted by atomic mass is 10.1. The molecule has 0 amide bonds. The molecule has 4 nitrogen and oxygen atoms in total. The molecule has 0 aliphatic rings. The van der Waals surface area contributed by atoms with E-state index >= 15 is 0 Å². The van der Waals surface area contributed by atoms with E-state index in [1.54, 1.807) is 6.92 Å². The maximum atomic E-state index is 10.8. The number of aliphatic hydroxyl groups is 1. The van der Waals surface area contributed by atoms with Crippen LogP contribution in [0, 0.1) is 0 Å². The molecule has 0 aromatic rings. The summed E-state index contributed by atoms with van der Waals surface area (Å²) < 4.78 is 4.57. The fourth-order valence-electron chi connectivity index (χ4n) is 0.361. The molecule has 0 saturated heterocycles. The van der Waals surface area contributed by atoms with E-state index in [2.05, 4.69) is 4.74 Å². The molecule has 0 saturated carbocycles. The standard InChI is InChI=1S/C6H13NO3/c1-3-10-5(9)6(2,7)4-8/h8H,3-4,7H2,1-2H3. The molecule has 0 radical (unpaired) electrons. The average Bonchev–Trinajstić information content (AvgIpc) is 1.89. The van der Waals surface area contributed by atoms with Crippen molar-refractivity contribution in [1.82, 2.24) is 0 Å². The largest absolute Gasteiger partial charge is 0.465 e. The molecule has 0 aliphatic heterocycles. The molecule has 0 spiro atoms. The van der Waals surface area contributed by atoms with Gasteiger partial charge in [-0.15, -0.1) is 0 Å². The topological polar surface area (TPSA) is 72.5 Å². The number of ether oxygens (including phenoxy) is 1. The molecule has 3 N–H and O–H groups in total. The van der Waals surface area contributed by atoms with E-state index in [9.17, 15) is 4.79 Å². The van der Waals surface area contributed by atoms with Gasteiger partial charge in [0.15, 0.2) is 0 Å². The van der Waals surface area contributed by atoms with Crippen LogP contribution in [0.15, 0.2) is 0 Å². The third-order valence-electron chi connectivity index (χ3n) is 1.07. The summed E-state index contributed by atoms with van der Waals surface area (Å²) in [6, 6.07) is 0. The monoisotopic (exact) mass is 147 g/mol. The zero-order valence-corrected chi connectivity index (χ0v) is 6.26. The van der Waals surface area contributed by atoms with Crippen molar-refractivity contribution in [2.75, 3.05) is 13.2 Å². The van der Waals surface area contributed by atoms with E-state index in [0.29, 0.717) is 0 Å². The van der Waals surface area contributed by atoms with Gasteiger partial charge in [-0.3, -0.25) is 0 Å². The second-order valence-corrected chi connectivity index (χ2v) is 2.30. The first-order chi connectivity index (χ1) is 4.54. The average molecular weight is 147 g/mol. The Bertz CT molecular complexity index is 122. The van der Waals surface area contributed by atoms with E-state index in [4.69, 9.17) is 10.8 Å². The quantitative estimate of drug-likeness (QED) is 0.516. The second-order valence-electron chi connectivity index (χ2n) is 2.30. The fraction of sp³-hybridized carbons (Fsp3) is 0.833. The summed E-state index contributed by atoms with van der Waals surface area (Å²) in [6.45, 7) is 2.99. The number of esters is 1. The van der Waals surface area contributed by atoms with Gasteiger partial charge in [0, 0.05) is 0 Å². The summed E-state index contributed by atoms with van der Waals surface area (Å²) in [5.41, 5.74) is 4.07. The van der Waals surface area contributed by atoms with Crippen LogP contribution in [0.3, 0.4) is 0 Å². The predicted molar refractivity (Wildman–Crippen MR) is 36.3 cm³/mol. The zero-order chi connectivity index (χ0) is 8.20. The summed E-state index contributed by atoms with van der Waals surface area (Å²) in [6.07, 6.45) is 0. The minimum atomic E-state index is -1.25. The first-order valence-electron chi connectivity index (χ1n) is 3.11. The van der Waals surface area contributed by atoms with Gasteiger partial charge < -0.3 is 15.6 Å². The highest BCUT2D eigenvalue weighted by molar-refractivity contribution is 5.80.